The molecule has 6 nitrogen and oxygen atoms in total. The van der Waals surface area contributed by atoms with Crippen LogP contribution >= 0.6 is 11.6 Å². The average Bonchev–Trinajstić information content (AvgIpc) is 2.85. The third-order valence-corrected chi connectivity index (χ3v) is 2.53. The SMILES string of the molecule is O=[N+]([O-])c1ccccc1C1OCC(=NCCCl)O1. The summed E-state index contributed by atoms with van der Waals surface area (Å²) in [5.41, 5.74) is 0.361. The molecule has 0 bridgehead atoms. The molecule has 1 unspecified atom stereocenters. The fourth-order valence-corrected chi connectivity index (χ4v) is 1.68. The summed E-state index contributed by atoms with van der Waals surface area (Å²) in [5, 5.41) is 10.9. The number of hydrogen-bond acceptors (Lipinski definition) is 5. The third kappa shape index (κ3) is 2.77. The second-order valence-corrected chi connectivity index (χ2v) is 3.92. The van der Waals surface area contributed by atoms with E-state index in [0.29, 0.717) is 23.9 Å². The van der Waals surface area contributed by atoms with Crippen LogP contribution in [0.5, 0.6) is 0 Å². The number of hydrogen-bond donors (Lipinski definition) is 0. The lowest BCUT2D eigenvalue weighted by Gasteiger charge is -2.09. The number of aliphatic imine (C=N–C) groups is 1. The molecule has 1 fully saturated rings. The summed E-state index contributed by atoms with van der Waals surface area (Å²) in [6, 6.07) is 6.31. The van der Waals surface area contributed by atoms with Crippen LogP contribution in [0.15, 0.2) is 29.3 Å². The molecule has 0 aliphatic carbocycles. The number of nitrogens with zero attached hydrogens (tertiary/aromatic N) is 2. The molecule has 0 N–H and O–H groups in total. The molecule has 1 heterocycles. The molecule has 1 aromatic carbocycles. The normalized spacial score (nSPS) is 20.9. The van der Waals surface area contributed by atoms with E-state index in [2.05, 4.69) is 4.99 Å². The molecular weight excluding hydrogens is 260 g/mol. The lowest BCUT2D eigenvalue weighted by molar-refractivity contribution is -0.386. The maximum Gasteiger partial charge on any atom is 0.278 e. The highest BCUT2D eigenvalue weighted by molar-refractivity contribution is 6.18. The molecule has 1 aliphatic rings. The van der Waals surface area contributed by atoms with Gasteiger partial charge < -0.3 is 9.47 Å². The Balaban J connectivity index is 2.17. The van der Waals surface area contributed by atoms with Gasteiger partial charge in [-0.15, -0.1) is 11.6 Å². The molecule has 1 aromatic rings. The van der Waals surface area contributed by atoms with Crippen LogP contribution in [-0.2, 0) is 9.47 Å². The van der Waals surface area contributed by atoms with Crippen molar-refractivity contribution in [2.24, 2.45) is 4.99 Å². The summed E-state index contributed by atoms with van der Waals surface area (Å²) in [6.07, 6.45) is -0.777. The lowest BCUT2D eigenvalue weighted by atomic mass is 10.2. The van der Waals surface area contributed by atoms with Crippen molar-refractivity contribution in [3.63, 3.8) is 0 Å². The first-order valence-corrected chi connectivity index (χ1v) is 5.86. The highest BCUT2D eigenvalue weighted by atomic mass is 35.5. The van der Waals surface area contributed by atoms with E-state index in [0.717, 1.165) is 0 Å². The molecule has 0 amide bonds. The Hall–Kier alpha value is -1.66. The second-order valence-electron chi connectivity index (χ2n) is 3.54. The Bertz CT molecular complexity index is 478. The van der Waals surface area contributed by atoms with E-state index >= 15 is 0 Å². The topological polar surface area (TPSA) is 74.0 Å². The number of nitro groups is 1. The Morgan fingerprint density at radius 2 is 2.28 bits per heavy atom. The largest absolute Gasteiger partial charge is 0.445 e. The first-order chi connectivity index (χ1) is 8.72. The maximum atomic E-state index is 10.9. The van der Waals surface area contributed by atoms with Gasteiger partial charge in [0.05, 0.1) is 17.0 Å². The Kier molecular flexibility index (Phi) is 4.11. The van der Waals surface area contributed by atoms with Crippen LogP contribution in [-0.4, -0.2) is 29.9 Å². The minimum atomic E-state index is -0.777. The van der Waals surface area contributed by atoms with Gasteiger partial charge in [0.2, 0.25) is 12.2 Å². The van der Waals surface area contributed by atoms with Crippen LogP contribution in [0.1, 0.15) is 11.9 Å². The number of benzene rings is 1. The van der Waals surface area contributed by atoms with Gasteiger partial charge in [0.1, 0.15) is 6.61 Å². The number of para-hydroxylation sites is 1. The summed E-state index contributed by atoms with van der Waals surface area (Å²) in [7, 11) is 0. The number of halogens is 1. The van der Waals surface area contributed by atoms with Crippen molar-refractivity contribution < 1.29 is 14.4 Å². The lowest BCUT2D eigenvalue weighted by Crippen LogP contribution is -2.04. The summed E-state index contributed by atoms with van der Waals surface area (Å²) in [6.45, 7) is 0.636. The van der Waals surface area contributed by atoms with Gasteiger partial charge in [-0.2, -0.15) is 0 Å². The van der Waals surface area contributed by atoms with E-state index in [1.165, 1.54) is 6.07 Å². The van der Waals surface area contributed by atoms with Crippen molar-refractivity contribution >= 4 is 23.2 Å². The molecule has 7 heteroatoms. The Labute approximate surface area is 108 Å². The van der Waals surface area contributed by atoms with Crippen LogP contribution in [0.25, 0.3) is 0 Å². The molecule has 1 aliphatic heterocycles. The van der Waals surface area contributed by atoms with E-state index in [1.54, 1.807) is 18.2 Å². The van der Waals surface area contributed by atoms with E-state index in [-0.39, 0.29) is 12.3 Å². The van der Waals surface area contributed by atoms with Gasteiger partial charge in [-0.25, -0.2) is 0 Å². The molecule has 0 spiro atoms. The molecule has 0 saturated carbocycles. The van der Waals surface area contributed by atoms with Gasteiger partial charge in [0.15, 0.2) is 0 Å². The first-order valence-electron chi connectivity index (χ1n) is 5.33. The quantitative estimate of drug-likeness (QED) is 0.478. The van der Waals surface area contributed by atoms with Crippen molar-refractivity contribution in [2.45, 2.75) is 6.29 Å². The number of alkyl halides is 1. The zero-order valence-electron chi connectivity index (χ0n) is 9.41. The van der Waals surface area contributed by atoms with E-state index in [1.807, 2.05) is 0 Å². The molecule has 18 heavy (non-hydrogen) atoms. The molecule has 96 valence electrons. The average molecular weight is 271 g/mol. The summed E-state index contributed by atoms with van der Waals surface area (Å²) in [5.74, 6) is 0.807. The fraction of sp³-hybridized carbons (Fsp3) is 0.364. The zero-order valence-corrected chi connectivity index (χ0v) is 10.2. The minimum Gasteiger partial charge on any atom is -0.445 e. The van der Waals surface area contributed by atoms with Crippen LogP contribution in [0.2, 0.25) is 0 Å². The summed E-state index contributed by atoms with van der Waals surface area (Å²) < 4.78 is 10.7. The number of ether oxygens (including phenoxy) is 2. The number of nitro benzene ring substituents is 1. The van der Waals surface area contributed by atoms with Crippen LogP contribution in [0, 0.1) is 10.1 Å². The minimum absolute atomic E-state index is 0.0268. The highest BCUT2D eigenvalue weighted by Crippen LogP contribution is 2.31. The van der Waals surface area contributed by atoms with Gasteiger partial charge in [-0.05, 0) is 6.07 Å². The Morgan fingerprint density at radius 1 is 1.50 bits per heavy atom. The number of rotatable bonds is 4. The van der Waals surface area contributed by atoms with Crippen molar-refractivity contribution in [1.29, 1.82) is 0 Å². The smallest absolute Gasteiger partial charge is 0.278 e. The van der Waals surface area contributed by atoms with E-state index in [4.69, 9.17) is 21.1 Å². The standard InChI is InChI=1S/C11H11ClN2O4/c12-5-6-13-10-7-17-11(18-10)8-3-1-2-4-9(8)14(15)16/h1-4,11H,5-7H2. The predicted molar refractivity (Wildman–Crippen MR) is 65.9 cm³/mol. The molecule has 1 saturated heterocycles. The highest BCUT2D eigenvalue weighted by Gasteiger charge is 2.29. The summed E-state index contributed by atoms with van der Waals surface area (Å²) >= 11 is 5.51. The zero-order chi connectivity index (χ0) is 13.0. The van der Waals surface area contributed by atoms with Crippen molar-refractivity contribution in [2.75, 3.05) is 19.0 Å². The van der Waals surface area contributed by atoms with Crippen molar-refractivity contribution in [1.82, 2.24) is 0 Å². The molecule has 1 atom stereocenters. The van der Waals surface area contributed by atoms with Crippen LogP contribution in [0.4, 0.5) is 5.69 Å². The van der Waals surface area contributed by atoms with E-state index in [9.17, 15) is 10.1 Å². The maximum absolute atomic E-state index is 10.9. The predicted octanol–water partition coefficient (Wildman–Crippen LogP) is 2.28. The van der Waals surface area contributed by atoms with Crippen molar-refractivity contribution in [3.8, 4) is 0 Å². The molecule has 2 rings (SSSR count). The van der Waals surface area contributed by atoms with Gasteiger partial charge in [-0.3, -0.25) is 15.1 Å². The van der Waals surface area contributed by atoms with Gasteiger partial charge in [-0.1, -0.05) is 12.1 Å². The first kappa shape index (κ1) is 12.8. The third-order valence-electron chi connectivity index (χ3n) is 2.36. The van der Waals surface area contributed by atoms with Crippen LogP contribution in [0.3, 0.4) is 0 Å². The Morgan fingerprint density at radius 3 is 3.00 bits per heavy atom. The van der Waals surface area contributed by atoms with Gasteiger partial charge >= 0.3 is 0 Å². The van der Waals surface area contributed by atoms with Gasteiger partial charge in [0, 0.05) is 11.9 Å². The van der Waals surface area contributed by atoms with E-state index < -0.39 is 11.2 Å². The second kappa shape index (κ2) is 5.79. The molecular formula is C11H11ClN2O4. The molecule has 0 aromatic heterocycles. The fourth-order valence-electron chi connectivity index (χ4n) is 1.59. The monoisotopic (exact) mass is 270 g/mol. The van der Waals surface area contributed by atoms with Crippen molar-refractivity contribution in [3.05, 3.63) is 39.9 Å². The van der Waals surface area contributed by atoms with Crippen LogP contribution < -0.4 is 0 Å². The van der Waals surface area contributed by atoms with Gasteiger partial charge in [0.25, 0.3) is 5.69 Å². The summed E-state index contributed by atoms with van der Waals surface area (Å²) in [4.78, 5) is 14.5. The molecule has 0 radical (unpaired) electrons.